The molecule has 1 saturated carbocycles. The average Bonchev–Trinajstić information content (AvgIpc) is 2.84. The van der Waals surface area contributed by atoms with Crippen LogP contribution in [-0.2, 0) is 0 Å². The number of benzene rings is 1. The number of fused-ring (bicyclic) bond motifs is 1. The molecular formula is C16H20O2. The zero-order chi connectivity index (χ0) is 12.4. The number of hydrogen-bond donors (Lipinski definition) is 1. The molecule has 0 bridgehead atoms. The van der Waals surface area contributed by atoms with Crippen LogP contribution in [-0.4, -0.2) is 5.11 Å². The molecule has 0 radical (unpaired) electrons. The summed E-state index contributed by atoms with van der Waals surface area (Å²) in [7, 11) is 0. The predicted octanol–water partition coefficient (Wildman–Crippen LogP) is 4.44. The van der Waals surface area contributed by atoms with Crippen LogP contribution in [0.3, 0.4) is 0 Å². The van der Waals surface area contributed by atoms with Crippen molar-refractivity contribution < 1.29 is 9.52 Å². The van der Waals surface area contributed by atoms with Gasteiger partial charge in [0, 0.05) is 10.9 Å². The maximum atomic E-state index is 10.4. The average molecular weight is 244 g/mol. The smallest absolute Gasteiger partial charge is 0.134 e. The summed E-state index contributed by atoms with van der Waals surface area (Å²) < 4.78 is 5.50. The highest BCUT2D eigenvalue weighted by atomic mass is 16.3. The minimum absolute atomic E-state index is 0.378. The summed E-state index contributed by atoms with van der Waals surface area (Å²) in [6.45, 7) is 0. The Hall–Kier alpha value is -1.28. The normalized spacial score (nSPS) is 19.2. The molecule has 1 aliphatic carbocycles. The lowest BCUT2D eigenvalue weighted by atomic mass is 9.84. The molecule has 1 atom stereocenters. The van der Waals surface area contributed by atoms with E-state index >= 15 is 0 Å². The Morgan fingerprint density at radius 3 is 2.78 bits per heavy atom. The van der Waals surface area contributed by atoms with Crippen molar-refractivity contribution in [3.8, 4) is 0 Å². The topological polar surface area (TPSA) is 33.4 Å². The van der Waals surface area contributed by atoms with Crippen molar-refractivity contribution in [2.75, 3.05) is 0 Å². The molecule has 0 saturated heterocycles. The van der Waals surface area contributed by atoms with Gasteiger partial charge in [0.2, 0.25) is 0 Å². The number of aliphatic hydroxyl groups excluding tert-OH is 1. The SMILES string of the molecule is OC(CC1CCCCC1)c1coc2ccccc12. The maximum absolute atomic E-state index is 10.4. The molecule has 0 spiro atoms. The first kappa shape index (κ1) is 11.8. The van der Waals surface area contributed by atoms with Gasteiger partial charge in [0.15, 0.2) is 0 Å². The van der Waals surface area contributed by atoms with Crippen LogP contribution in [0.5, 0.6) is 0 Å². The molecular weight excluding hydrogens is 224 g/mol. The van der Waals surface area contributed by atoms with Crippen molar-refractivity contribution in [2.24, 2.45) is 5.92 Å². The molecule has 96 valence electrons. The van der Waals surface area contributed by atoms with Crippen LogP contribution in [0.4, 0.5) is 0 Å². The summed E-state index contributed by atoms with van der Waals surface area (Å²) in [4.78, 5) is 0. The molecule has 1 aromatic heterocycles. The third kappa shape index (κ3) is 2.30. The van der Waals surface area contributed by atoms with E-state index < -0.39 is 0 Å². The van der Waals surface area contributed by atoms with Gasteiger partial charge in [-0.2, -0.15) is 0 Å². The zero-order valence-corrected chi connectivity index (χ0v) is 10.6. The molecule has 1 unspecified atom stereocenters. The Kier molecular flexibility index (Phi) is 3.37. The number of rotatable bonds is 3. The molecule has 2 heteroatoms. The Labute approximate surface area is 108 Å². The first-order valence-corrected chi connectivity index (χ1v) is 6.99. The number of hydrogen-bond acceptors (Lipinski definition) is 2. The Morgan fingerprint density at radius 1 is 1.17 bits per heavy atom. The second-order valence-electron chi connectivity index (χ2n) is 5.44. The largest absolute Gasteiger partial charge is 0.464 e. The third-order valence-electron chi connectivity index (χ3n) is 4.15. The molecule has 2 nitrogen and oxygen atoms in total. The molecule has 18 heavy (non-hydrogen) atoms. The van der Waals surface area contributed by atoms with Crippen molar-refractivity contribution >= 4 is 11.0 Å². The molecule has 1 aliphatic rings. The Bertz CT molecular complexity index is 509. The van der Waals surface area contributed by atoms with E-state index in [4.69, 9.17) is 4.42 Å². The van der Waals surface area contributed by atoms with E-state index in [2.05, 4.69) is 0 Å². The van der Waals surface area contributed by atoms with E-state index in [1.807, 2.05) is 24.3 Å². The van der Waals surface area contributed by atoms with Gasteiger partial charge in [-0.05, 0) is 18.4 Å². The molecule has 1 N–H and O–H groups in total. The minimum atomic E-state index is -0.378. The lowest BCUT2D eigenvalue weighted by Gasteiger charge is -2.23. The summed E-state index contributed by atoms with van der Waals surface area (Å²) in [5, 5.41) is 11.5. The first-order chi connectivity index (χ1) is 8.84. The fourth-order valence-electron chi connectivity index (χ4n) is 3.12. The molecule has 1 fully saturated rings. The monoisotopic (exact) mass is 244 g/mol. The zero-order valence-electron chi connectivity index (χ0n) is 10.6. The van der Waals surface area contributed by atoms with Crippen molar-refractivity contribution in [1.82, 2.24) is 0 Å². The summed E-state index contributed by atoms with van der Waals surface area (Å²) >= 11 is 0. The summed E-state index contributed by atoms with van der Waals surface area (Å²) in [6.07, 6.45) is 8.77. The van der Waals surface area contributed by atoms with Crippen LogP contribution in [0, 0.1) is 5.92 Å². The van der Waals surface area contributed by atoms with Crippen molar-refractivity contribution in [1.29, 1.82) is 0 Å². The lowest BCUT2D eigenvalue weighted by molar-refractivity contribution is 0.132. The molecule has 2 aromatic rings. The standard InChI is InChI=1S/C16H20O2/c17-15(10-12-6-2-1-3-7-12)14-11-18-16-9-5-4-8-13(14)16/h4-5,8-9,11-12,15,17H,1-3,6-7,10H2. The summed E-state index contributed by atoms with van der Waals surface area (Å²) in [5.74, 6) is 0.683. The van der Waals surface area contributed by atoms with Crippen LogP contribution in [0.15, 0.2) is 34.9 Å². The summed E-state index contributed by atoms with van der Waals surface area (Å²) in [6, 6.07) is 7.93. The second kappa shape index (κ2) is 5.15. The van der Waals surface area contributed by atoms with Gasteiger partial charge in [-0.1, -0.05) is 50.3 Å². The number of para-hydroxylation sites is 1. The molecule has 1 heterocycles. The molecule has 1 aromatic carbocycles. The molecule has 0 amide bonds. The molecule has 3 rings (SSSR count). The Balaban J connectivity index is 1.76. The van der Waals surface area contributed by atoms with E-state index in [0.29, 0.717) is 5.92 Å². The van der Waals surface area contributed by atoms with E-state index in [1.54, 1.807) is 6.26 Å². The molecule has 0 aliphatic heterocycles. The van der Waals surface area contributed by atoms with E-state index in [0.717, 1.165) is 23.0 Å². The van der Waals surface area contributed by atoms with Crippen LogP contribution in [0.1, 0.15) is 50.2 Å². The highest BCUT2D eigenvalue weighted by Crippen LogP contribution is 2.34. The van der Waals surface area contributed by atoms with E-state index in [9.17, 15) is 5.11 Å². The summed E-state index contributed by atoms with van der Waals surface area (Å²) in [5.41, 5.74) is 1.83. The van der Waals surface area contributed by atoms with Crippen LogP contribution >= 0.6 is 0 Å². The van der Waals surface area contributed by atoms with Crippen LogP contribution < -0.4 is 0 Å². The third-order valence-corrected chi connectivity index (χ3v) is 4.15. The fraction of sp³-hybridized carbons (Fsp3) is 0.500. The number of aliphatic hydroxyl groups is 1. The van der Waals surface area contributed by atoms with Crippen molar-refractivity contribution in [3.63, 3.8) is 0 Å². The fourth-order valence-corrected chi connectivity index (χ4v) is 3.12. The van der Waals surface area contributed by atoms with Gasteiger partial charge >= 0.3 is 0 Å². The minimum Gasteiger partial charge on any atom is -0.464 e. The van der Waals surface area contributed by atoms with E-state index in [-0.39, 0.29) is 6.10 Å². The first-order valence-electron chi connectivity index (χ1n) is 6.99. The quantitative estimate of drug-likeness (QED) is 0.866. The second-order valence-corrected chi connectivity index (χ2v) is 5.44. The number of furan rings is 1. The van der Waals surface area contributed by atoms with Crippen LogP contribution in [0.25, 0.3) is 11.0 Å². The lowest BCUT2D eigenvalue weighted by Crippen LogP contribution is -2.10. The van der Waals surface area contributed by atoms with Gasteiger partial charge in [0.05, 0.1) is 12.4 Å². The maximum Gasteiger partial charge on any atom is 0.134 e. The van der Waals surface area contributed by atoms with Gasteiger partial charge < -0.3 is 9.52 Å². The van der Waals surface area contributed by atoms with Gasteiger partial charge in [-0.15, -0.1) is 0 Å². The van der Waals surface area contributed by atoms with Crippen molar-refractivity contribution in [3.05, 3.63) is 36.1 Å². The van der Waals surface area contributed by atoms with Gasteiger partial charge in [0.1, 0.15) is 5.58 Å². The highest BCUT2D eigenvalue weighted by Gasteiger charge is 2.21. The predicted molar refractivity (Wildman–Crippen MR) is 72.4 cm³/mol. The van der Waals surface area contributed by atoms with Gasteiger partial charge in [0.25, 0.3) is 0 Å². The Morgan fingerprint density at radius 2 is 1.94 bits per heavy atom. The van der Waals surface area contributed by atoms with Gasteiger partial charge in [-0.25, -0.2) is 0 Å². The van der Waals surface area contributed by atoms with Crippen LogP contribution in [0.2, 0.25) is 0 Å². The van der Waals surface area contributed by atoms with E-state index in [1.165, 1.54) is 32.1 Å². The van der Waals surface area contributed by atoms with Crippen molar-refractivity contribution in [2.45, 2.75) is 44.6 Å². The van der Waals surface area contributed by atoms with Gasteiger partial charge in [-0.3, -0.25) is 0 Å². The highest BCUT2D eigenvalue weighted by molar-refractivity contribution is 5.81.